The number of anilines is 1. The quantitative estimate of drug-likeness (QED) is 0.801. The lowest BCUT2D eigenvalue weighted by Gasteiger charge is -2.16. The first-order valence-corrected chi connectivity index (χ1v) is 6.92. The predicted molar refractivity (Wildman–Crippen MR) is 82.6 cm³/mol. The molecule has 2 aromatic heterocycles. The Kier molecular flexibility index (Phi) is 3.83. The number of rotatable bonds is 4. The van der Waals surface area contributed by atoms with Crippen molar-refractivity contribution in [1.29, 1.82) is 0 Å². The number of halogens is 1. The Hall–Kier alpha value is -2.40. The molecule has 0 saturated heterocycles. The summed E-state index contributed by atoms with van der Waals surface area (Å²) in [7, 11) is 0. The molecule has 0 radical (unpaired) electrons. The van der Waals surface area contributed by atoms with E-state index in [2.05, 4.69) is 39.3 Å². The molecule has 106 valence electrons. The number of aromatic nitrogens is 4. The van der Waals surface area contributed by atoms with Gasteiger partial charge in [-0.05, 0) is 24.6 Å². The Morgan fingerprint density at radius 2 is 2.14 bits per heavy atom. The van der Waals surface area contributed by atoms with E-state index in [1.54, 1.807) is 18.7 Å². The Balaban J connectivity index is 1.81. The van der Waals surface area contributed by atoms with Crippen LogP contribution in [0, 0.1) is 0 Å². The molecule has 0 aliphatic rings. The third-order valence-electron chi connectivity index (χ3n) is 3.14. The summed E-state index contributed by atoms with van der Waals surface area (Å²) in [6.45, 7) is 2.07. The first-order valence-electron chi connectivity index (χ1n) is 6.55. The Labute approximate surface area is 127 Å². The fraction of sp³-hybridized carbons (Fsp3) is 0.133. The van der Waals surface area contributed by atoms with Crippen LogP contribution in [0.1, 0.15) is 18.5 Å². The molecular weight excluding hydrogens is 286 g/mol. The van der Waals surface area contributed by atoms with E-state index in [9.17, 15) is 0 Å². The highest BCUT2D eigenvalue weighted by Gasteiger charge is 2.08. The van der Waals surface area contributed by atoms with E-state index in [0.717, 1.165) is 11.3 Å². The lowest BCUT2D eigenvalue weighted by molar-refractivity contribution is 0.867. The fourth-order valence-electron chi connectivity index (χ4n) is 2.08. The molecule has 1 unspecified atom stereocenters. The molecule has 0 aliphatic heterocycles. The van der Waals surface area contributed by atoms with Gasteiger partial charge in [-0.25, -0.2) is 9.97 Å². The van der Waals surface area contributed by atoms with Gasteiger partial charge in [0.25, 0.3) is 0 Å². The Bertz CT molecular complexity index is 726. The van der Waals surface area contributed by atoms with Gasteiger partial charge in [0, 0.05) is 18.1 Å². The van der Waals surface area contributed by atoms with Gasteiger partial charge in [0.1, 0.15) is 11.0 Å². The maximum Gasteiger partial charge on any atom is 0.149 e. The minimum Gasteiger partial charge on any atom is -0.362 e. The Morgan fingerprint density at radius 1 is 1.24 bits per heavy atom. The van der Waals surface area contributed by atoms with Crippen LogP contribution in [-0.4, -0.2) is 19.5 Å². The topological polar surface area (TPSA) is 55.6 Å². The van der Waals surface area contributed by atoms with Gasteiger partial charge in [0.15, 0.2) is 0 Å². The number of nitrogens with one attached hydrogen (secondary N) is 1. The SMILES string of the molecule is CC(Nc1cncc(Cl)n1)c1cccc(-n2ccnc2)c1. The van der Waals surface area contributed by atoms with Gasteiger partial charge in [-0.3, -0.25) is 4.98 Å². The summed E-state index contributed by atoms with van der Waals surface area (Å²) in [5.41, 5.74) is 2.21. The first-order chi connectivity index (χ1) is 10.2. The smallest absolute Gasteiger partial charge is 0.149 e. The third kappa shape index (κ3) is 3.20. The van der Waals surface area contributed by atoms with Gasteiger partial charge in [-0.15, -0.1) is 0 Å². The van der Waals surface area contributed by atoms with Crippen LogP contribution in [-0.2, 0) is 0 Å². The largest absolute Gasteiger partial charge is 0.362 e. The second kappa shape index (κ2) is 5.93. The van der Waals surface area contributed by atoms with Crippen LogP contribution in [0.2, 0.25) is 5.15 Å². The van der Waals surface area contributed by atoms with Crippen LogP contribution in [0.15, 0.2) is 55.4 Å². The molecule has 1 aromatic carbocycles. The summed E-state index contributed by atoms with van der Waals surface area (Å²) in [6.07, 6.45) is 8.62. The van der Waals surface area contributed by atoms with Crippen LogP contribution < -0.4 is 5.32 Å². The molecular formula is C15H14ClN5. The standard InChI is InChI=1S/C15H14ClN5/c1-11(19-15-9-18-8-14(16)20-15)12-3-2-4-13(7-12)21-6-5-17-10-21/h2-11H,1H3,(H,19,20). The minimum absolute atomic E-state index is 0.0845. The van der Waals surface area contributed by atoms with Crippen molar-refractivity contribution in [2.75, 3.05) is 5.32 Å². The highest BCUT2D eigenvalue weighted by Crippen LogP contribution is 2.20. The fourth-order valence-corrected chi connectivity index (χ4v) is 2.23. The van der Waals surface area contributed by atoms with Gasteiger partial charge in [0.2, 0.25) is 0 Å². The summed E-state index contributed by atoms with van der Waals surface area (Å²) >= 11 is 5.84. The molecule has 3 aromatic rings. The van der Waals surface area contributed by atoms with E-state index in [4.69, 9.17) is 11.6 Å². The van der Waals surface area contributed by atoms with Crippen molar-refractivity contribution >= 4 is 17.4 Å². The molecule has 0 saturated carbocycles. The molecule has 1 atom stereocenters. The Morgan fingerprint density at radius 3 is 2.90 bits per heavy atom. The van der Waals surface area contributed by atoms with Gasteiger partial charge in [0.05, 0.1) is 24.8 Å². The van der Waals surface area contributed by atoms with Crippen molar-refractivity contribution in [2.45, 2.75) is 13.0 Å². The molecule has 0 spiro atoms. The molecule has 1 N–H and O–H groups in total. The highest BCUT2D eigenvalue weighted by atomic mass is 35.5. The van der Waals surface area contributed by atoms with Crippen molar-refractivity contribution in [3.63, 3.8) is 0 Å². The van der Waals surface area contributed by atoms with E-state index in [-0.39, 0.29) is 6.04 Å². The van der Waals surface area contributed by atoms with Crippen LogP contribution in [0.5, 0.6) is 0 Å². The summed E-state index contributed by atoms with van der Waals surface area (Å²) in [4.78, 5) is 12.3. The molecule has 0 amide bonds. The van der Waals surface area contributed by atoms with E-state index in [0.29, 0.717) is 11.0 Å². The number of hydrogen-bond acceptors (Lipinski definition) is 4. The monoisotopic (exact) mass is 299 g/mol. The molecule has 6 heteroatoms. The minimum atomic E-state index is 0.0845. The second-order valence-corrected chi connectivity index (χ2v) is 5.05. The van der Waals surface area contributed by atoms with Gasteiger partial charge < -0.3 is 9.88 Å². The molecule has 0 aliphatic carbocycles. The summed E-state index contributed by atoms with van der Waals surface area (Å²) in [6, 6.07) is 8.32. The number of nitrogens with zero attached hydrogens (tertiary/aromatic N) is 4. The third-order valence-corrected chi connectivity index (χ3v) is 3.32. The van der Waals surface area contributed by atoms with Crippen LogP contribution in [0.3, 0.4) is 0 Å². The second-order valence-electron chi connectivity index (χ2n) is 4.66. The molecule has 0 fully saturated rings. The molecule has 2 heterocycles. The van der Waals surface area contributed by atoms with Gasteiger partial charge in [-0.2, -0.15) is 0 Å². The summed E-state index contributed by atoms with van der Waals surface area (Å²) in [5.74, 6) is 0.656. The lowest BCUT2D eigenvalue weighted by Crippen LogP contribution is -2.08. The molecule has 5 nitrogen and oxygen atoms in total. The number of benzene rings is 1. The van der Waals surface area contributed by atoms with Gasteiger partial charge >= 0.3 is 0 Å². The average Bonchev–Trinajstić information content (AvgIpc) is 3.02. The zero-order valence-electron chi connectivity index (χ0n) is 11.4. The van der Waals surface area contributed by atoms with E-state index in [1.807, 2.05) is 22.9 Å². The number of imidazole rings is 1. The zero-order valence-corrected chi connectivity index (χ0v) is 12.2. The van der Waals surface area contributed by atoms with Crippen LogP contribution >= 0.6 is 11.6 Å². The van der Waals surface area contributed by atoms with Crippen molar-refractivity contribution in [1.82, 2.24) is 19.5 Å². The van der Waals surface area contributed by atoms with Crippen LogP contribution in [0.25, 0.3) is 5.69 Å². The van der Waals surface area contributed by atoms with Gasteiger partial charge in [-0.1, -0.05) is 23.7 Å². The molecule has 0 bridgehead atoms. The summed E-state index contributed by atoms with van der Waals surface area (Å²) in [5, 5.41) is 3.66. The van der Waals surface area contributed by atoms with Crippen molar-refractivity contribution in [2.24, 2.45) is 0 Å². The van der Waals surface area contributed by atoms with E-state index < -0.39 is 0 Å². The maximum absolute atomic E-state index is 5.84. The number of hydrogen-bond donors (Lipinski definition) is 1. The lowest BCUT2D eigenvalue weighted by atomic mass is 10.1. The normalized spacial score (nSPS) is 12.1. The maximum atomic E-state index is 5.84. The zero-order chi connectivity index (χ0) is 14.7. The summed E-state index contributed by atoms with van der Waals surface area (Å²) < 4.78 is 1.97. The van der Waals surface area contributed by atoms with Crippen molar-refractivity contribution in [3.05, 3.63) is 66.1 Å². The van der Waals surface area contributed by atoms with E-state index in [1.165, 1.54) is 6.20 Å². The van der Waals surface area contributed by atoms with Crippen molar-refractivity contribution < 1.29 is 0 Å². The molecule has 3 rings (SSSR count). The van der Waals surface area contributed by atoms with Crippen molar-refractivity contribution in [3.8, 4) is 5.69 Å². The van der Waals surface area contributed by atoms with Crippen LogP contribution in [0.4, 0.5) is 5.82 Å². The average molecular weight is 300 g/mol. The van der Waals surface area contributed by atoms with E-state index >= 15 is 0 Å². The first kappa shape index (κ1) is 13.6. The predicted octanol–water partition coefficient (Wildman–Crippen LogP) is 3.49. The molecule has 21 heavy (non-hydrogen) atoms. The highest BCUT2D eigenvalue weighted by molar-refractivity contribution is 6.29.